The van der Waals surface area contributed by atoms with Gasteiger partial charge in [-0.3, -0.25) is 14.5 Å². The maximum atomic E-state index is 12.4. The molecule has 3 rings (SSSR count). The van der Waals surface area contributed by atoms with E-state index in [0.29, 0.717) is 29.8 Å². The number of hydrogen-bond donors (Lipinski definition) is 2. The molecule has 1 aliphatic carbocycles. The molecule has 1 heterocycles. The fourth-order valence-corrected chi connectivity index (χ4v) is 3.40. The minimum atomic E-state index is -0.106. The Morgan fingerprint density at radius 1 is 1.20 bits per heavy atom. The number of likely N-dealkylation sites (tertiary alicyclic amines) is 1. The van der Waals surface area contributed by atoms with Gasteiger partial charge in [0, 0.05) is 19.1 Å². The maximum Gasteiger partial charge on any atom is 0.253 e. The van der Waals surface area contributed by atoms with Gasteiger partial charge in [-0.05, 0) is 58.0 Å². The number of nitrogens with one attached hydrogen (secondary N) is 2. The third-order valence-corrected chi connectivity index (χ3v) is 4.72. The zero-order chi connectivity index (χ0) is 17.8. The molecule has 0 bridgehead atoms. The average Bonchev–Trinajstić information content (AvgIpc) is 3.26. The van der Waals surface area contributed by atoms with Gasteiger partial charge in [0.05, 0.1) is 17.8 Å². The Balaban J connectivity index is 1.53. The first kappa shape index (κ1) is 17.9. The number of amides is 2. The number of hydrogen-bond acceptors (Lipinski definition) is 4. The van der Waals surface area contributed by atoms with E-state index < -0.39 is 0 Å². The van der Waals surface area contributed by atoms with Crippen molar-refractivity contribution in [1.82, 2.24) is 15.1 Å². The van der Waals surface area contributed by atoms with Crippen LogP contribution in [0.4, 0.5) is 5.69 Å². The number of benzene rings is 1. The summed E-state index contributed by atoms with van der Waals surface area (Å²) in [4.78, 5) is 29.1. The van der Waals surface area contributed by atoms with Gasteiger partial charge in [-0.25, -0.2) is 0 Å². The lowest BCUT2D eigenvalue weighted by atomic mass is 10.1. The third-order valence-electron chi connectivity index (χ3n) is 4.72. The predicted molar refractivity (Wildman–Crippen MR) is 98.7 cm³/mol. The van der Waals surface area contributed by atoms with Crippen LogP contribution in [0.15, 0.2) is 24.3 Å². The molecule has 0 radical (unpaired) electrons. The number of nitrogens with zero attached hydrogens (tertiary/aromatic N) is 2. The monoisotopic (exact) mass is 344 g/mol. The second-order valence-electron chi connectivity index (χ2n) is 7.49. The molecule has 0 unspecified atom stereocenters. The van der Waals surface area contributed by atoms with Crippen molar-refractivity contribution >= 4 is 17.5 Å². The van der Waals surface area contributed by atoms with Crippen molar-refractivity contribution in [3.63, 3.8) is 0 Å². The first-order chi connectivity index (χ1) is 12.0. The van der Waals surface area contributed by atoms with Crippen LogP contribution >= 0.6 is 0 Å². The van der Waals surface area contributed by atoms with Crippen LogP contribution < -0.4 is 10.6 Å². The van der Waals surface area contributed by atoms with E-state index in [4.69, 9.17) is 0 Å². The maximum absolute atomic E-state index is 12.4. The largest absolute Gasteiger partial charge is 0.349 e. The average molecular weight is 344 g/mol. The van der Waals surface area contributed by atoms with E-state index >= 15 is 0 Å². The molecule has 2 aliphatic rings. The summed E-state index contributed by atoms with van der Waals surface area (Å²) in [6.45, 7) is 3.34. The molecule has 2 fully saturated rings. The predicted octanol–water partition coefficient (Wildman–Crippen LogP) is 1.40. The molecule has 1 saturated heterocycles. The number of rotatable bonds is 7. The highest BCUT2D eigenvalue weighted by molar-refractivity contribution is 6.04. The molecule has 1 aromatic carbocycles. The molecule has 0 aromatic heterocycles. The number of para-hydroxylation sites is 1. The summed E-state index contributed by atoms with van der Waals surface area (Å²) < 4.78 is 0. The van der Waals surface area contributed by atoms with Crippen LogP contribution in [0.5, 0.6) is 0 Å². The Labute approximate surface area is 149 Å². The van der Waals surface area contributed by atoms with E-state index in [1.165, 1.54) is 0 Å². The van der Waals surface area contributed by atoms with Gasteiger partial charge in [-0.2, -0.15) is 0 Å². The Kier molecular flexibility index (Phi) is 5.71. The van der Waals surface area contributed by atoms with E-state index in [-0.39, 0.29) is 11.8 Å². The lowest BCUT2D eigenvalue weighted by molar-refractivity contribution is -0.117. The fourth-order valence-electron chi connectivity index (χ4n) is 3.40. The fraction of sp³-hybridized carbons (Fsp3) is 0.579. The van der Waals surface area contributed by atoms with Crippen molar-refractivity contribution in [2.24, 2.45) is 5.92 Å². The SMILES string of the molecule is CN(C)C[C@H]1CCN(CC(=O)Nc2ccccc2C(=O)NC2CC2)C1. The number of carbonyl (C=O) groups is 2. The third kappa shape index (κ3) is 5.28. The summed E-state index contributed by atoms with van der Waals surface area (Å²) in [5, 5.41) is 5.89. The van der Waals surface area contributed by atoms with Crippen molar-refractivity contribution in [1.29, 1.82) is 0 Å². The Morgan fingerprint density at radius 3 is 2.68 bits per heavy atom. The summed E-state index contributed by atoms with van der Waals surface area (Å²) in [5.74, 6) is 0.460. The molecule has 2 amide bonds. The second-order valence-corrected chi connectivity index (χ2v) is 7.49. The van der Waals surface area contributed by atoms with E-state index in [1.54, 1.807) is 12.1 Å². The van der Waals surface area contributed by atoms with Crippen LogP contribution in [0, 0.1) is 5.92 Å². The minimum Gasteiger partial charge on any atom is -0.349 e. The van der Waals surface area contributed by atoms with Crippen LogP contribution in [-0.4, -0.2) is 67.9 Å². The zero-order valence-electron chi connectivity index (χ0n) is 15.1. The van der Waals surface area contributed by atoms with Crippen LogP contribution in [-0.2, 0) is 4.79 Å². The smallest absolute Gasteiger partial charge is 0.253 e. The molecule has 1 atom stereocenters. The second kappa shape index (κ2) is 7.97. The van der Waals surface area contributed by atoms with Crippen LogP contribution in [0.25, 0.3) is 0 Å². The van der Waals surface area contributed by atoms with Crippen molar-refractivity contribution in [3.05, 3.63) is 29.8 Å². The van der Waals surface area contributed by atoms with E-state index in [1.807, 2.05) is 12.1 Å². The Hall–Kier alpha value is -1.92. The highest BCUT2D eigenvalue weighted by Gasteiger charge is 2.26. The lowest BCUT2D eigenvalue weighted by Gasteiger charge is -2.18. The molecule has 6 heteroatoms. The molecule has 25 heavy (non-hydrogen) atoms. The first-order valence-electron chi connectivity index (χ1n) is 9.08. The van der Waals surface area contributed by atoms with Crippen LogP contribution in [0.3, 0.4) is 0 Å². The van der Waals surface area contributed by atoms with Crippen molar-refractivity contribution in [2.75, 3.05) is 45.6 Å². The van der Waals surface area contributed by atoms with Gasteiger partial charge in [0.1, 0.15) is 0 Å². The Bertz CT molecular complexity index is 628. The molecule has 136 valence electrons. The zero-order valence-corrected chi connectivity index (χ0v) is 15.1. The van der Waals surface area contributed by atoms with E-state index in [0.717, 1.165) is 38.9 Å². The summed E-state index contributed by atoms with van der Waals surface area (Å²) in [6, 6.07) is 7.51. The molecular formula is C19H28N4O2. The molecule has 1 aliphatic heterocycles. The van der Waals surface area contributed by atoms with Gasteiger partial charge >= 0.3 is 0 Å². The summed E-state index contributed by atoms with van der Waals surface area (Å²) in [5.41, 5.74) is 1.13. The van der Waals surface area contributed by atoms with Gasteiger partial charge in [0.2, 0.25) is 5.91 Å². The van der Waals surface area contributed by atoms with Crippen molar-refractivity contribution < 1.29 is 9.59 Å². The standard InChI is InChI=1S/C19H28N4O2/c1-22(2)11-14-9-10-23(12-14)13-18(24)21-17-6-4-3-5-16(17)19(25)20-15-7-8-15/h3-6,14-15H,7-13H2,1-2H3,(H,20,25)(H,21,24)/t14-/m1/s1. The van der Waals surface area contributed by atoms with Crippen molar-refractivity contribution in [2.45, 2.75) is 25.3 Å². The van der Waals surface area contributed by atoms with Gasteiger partial charge < -0.3 is 15.5 Å². The van der Waals surface area contributed by atoms with Gasteiger partial charge in [0.15, 0.2) is 0 Å². The Morgan fingerprint density at radius 2 is 1.96 bits per heavy atom. The quantitative estimate of drug-likeness (QED) is 0.785. The van der Waals surface area contributed by atoms with Gasteiger partial charge in [0.25, 0.3) is 5.91 Å². The van der Waals surface area contributed by atoms with E-state index in [9.17, 15) is 9.59 Å². The molecule has 0 spiro atoms. The minimum absolute atomic E-state index is 0.0582. The highest BCUT2D eigenvalue weighted by Crippen LogP contribution is 2.22. The first-order valence-corrected chi connectivity index (χ1v) is 9.08. The molecule has 1 saturated carbocycles. The highest BCUT2D eigenvalue weighted by atomic mass is 16.2. The van der Waals surface area contributed by atoms with Crippen LogP contribution in [0.1, 0.15) is 29.6 Å². The molecular weight excluding hydrogens is 316 g/mol. The number of anilines is 1. The summed E-state index contributed by atoms with van der Waals surface area (Å²) in [6.07, 6.45) is 3.22. The molecule has 2 N–H and O–H groups in total. The summed E-state index contributed by atoms with van der Waals surface area (Å²) >= 11 is 0. The van der Waals surface area contributed by atoms with Crippen molar-refractivity contribution in [3.8, 4) is 0 Å². The van der Waals surface area contributed by atoms with Gasteiger partial charge in [-0.1, -0.05) is 12.1 Å². The lowest BCUT2D eigenvalue weighted by Crippen LogP contribution is -2.33. The normalized spacial score (nSPS) is 20.7. The number of carbonyl (C=O) groups excluding carboxylic acids is 2. The summed E-state index contributed by atoms with van der Waals surface area (Å²) in [7, 11) is 4.16. The topological polar surface area (TPSA) is 64.7 Å². The molecule has 1 aromatic rings. The van der Waals surface area contributed by atoms with E-state index in [2.05, 4.69) is 34.5 Å². The van der Waals surface area contributed by atoms with Crippen LogP contribution in [0.2, 0.25) is 0 Å². The van der Waals surface area contributed by atoms with Gasteiger partial charge in [-0.15, -0.1) is 0 Å². The molecule has 6 nitrogen and oxygen atoms in total.